The number of ether oxygens (including phenoxy) is 1. The van der Waals surface area contributed by atoms with E-state index in [1.165, 1.54) is 28.7 Å². The molecule has 3 rings (SSSR count). The van der Waals surface area contributed by atoms with Gasteiger partial charge in [0, 0.05) is 18.3 Å². The van der Waals surface area contributed by atoms with Crippen molar-refractivity contribution < 1.29 is 9.53 Å². The predicted octanol–water partition coefficient (Wildman–Crippen LogP) is 4.13. The summed E-state index contributed by atoms with van der Waals surface area (Å²) in [5, 5.41) is 15.1. The molecule has 2 aromatic carbocycles. The zero-order chi connectivity index (χ0) is 19.6. The molecular weight excluding hydrogens is 392 g/mol. The van der Waals surface area contributed by atoms with Crippen LogP contribution in [0.25, 0.3) is 0 Å². The van der Waals surface area contributed by atoms with Gasteiger partial charge in [0.05, 0.1) is 12.9 Å². The lowest BCUT2D eigenvalue weighted by atomic mass is 10.1. The SMILES string of the molecule is COc1cccc(Nc2nnc(SCC(=O)NCCCc3ccccc3)s2)c1. The van der Waals surface area contributed by atoms with E-state index in [4.69, 9.17) is 4.74 Å². The van der Waals surface area contributed by atoms with Crippen LogP contribution in [0.4, 0.5) is 10.8 Å². The van der Waals surface area contributed by atoms with E-state index in [2.05, 4.69) is 33.0 Å². The Balaban J connectivity index is 1.37. The fraction of sp³-hybridized carbons (Fsp3) is 0.250. The van der Waals surface area contributed by atoms with Crippen LogP contribution in [0.15, 0.2) is 58.9 Å². The summed E-state index contributed by atoms with van der Waals surface area (Å²) in [4.78, 5) is 12.0. The number of hydrogen-bond acceptors (Lipinski definition) is 7. The van der Waals surface area contributed by atoms with Crippen LogP contribution in [-0.4, -0.2) is 35.5 Å². The van der Waals surface area contributed by atoms with Crippen LogP contribution in [0.3, 0.4) is 0 Å². The number of hydrogen-bond donors (Lipinski definition) is 2. The molecule has 0 aliphatic rings. The maximum Gasteiger partial charge on any atom is 0.230 e. The van der Waals surface area contributed by atoms with E-state index in [9.17, 15) is 4.79 Å². The number of aryl methyl sites for hydroxylation is 1. The van der Waals surface area contributed by atoms with Crippen LogP contribution in [0.1, 0.15) is 12.0 Å². The molecule has 0 bridgehead atoms. The fourth-order valence-electron chi connectivity index (χ4n) is 2.49. The Hall–Kier alpha value is -2.58. The van der Waals surface area contributed by atoms with Gasteiger partial charge in [0.15, 0.2) is 4.34 Å². The maximum absolute atomic E-state index is 12.0. The van der Waals surface area contributed by atoms with Gasteiger partial charge in [-0.1, -0.05) is 59.5 Å². The first kappa shape index (κ1) is 20.2. The Morgan fingerprint density at radius 3 is 2.82 bits per heavy atom. The number of carbonyl (C=O) groups is 1. The Labute approximate surface area is 172 Å². The molecular formula is C20H22N4O2S2. The van der Waals surface area contributed by atoms with Crippen molar-refractivity contribution in [3.05, 3.63) is 60.2 Å². The van der Waals surface area contributed by atoms with Crippen molar-refractivity contribution in [1.29, 1.82) is 0 Å². The summed E-state index contributed by atoms with van der Waals surface area (Å²) in [5.74, 6) is 1.11. The van der Waals surface area contributed by atoms with E-state index >= 15 is 0 Å². The molecule has 0 saturated carbocycles. The quantitative estimate of drug-likeness (QED) is 0.384. The first-order valence-electron chi connectivity index (χ1n) is 8.91. The monoisotopic (exact) mass is 414 g/mol. The molecule has 1 aromatic heterocycles. The van der Waals surface area contributed by atoms with Gasteiger partial charge in [-0.25, -0.2) is 0 Å². The van der Waals surface area contributed by atoms with Crippen LogP contribution < -0.4 is 15.4 Å². The van der Waals surface area contributed by atoms with Crippen LogP contribution in [0, 0.1) is 0 Å². The normalized spacial score (nSPS) is 10.5. The average molecular weight is 415 g/mol. The molecule has 8 heteroatoms. The first-order valence-corrected chi connectivity index (χ1v) is 10.7. The van der Waals surface area contributed by atoms with E-state index in [1.807, 2.05) is 42.5 Å². The second-order valence-electron chi connectivity index (χ2n) is 5.96. The van der Waals surface area contributed by atoms with E-state index in [0.29, 0.717) is 17.4 Å². The minimum Gasteiger partial charge on any atom is -0.497 e. The molecule has 1 heterocycles. The molecule has 0 radical (unpaired) electrons. The van der Waals surface area contributed by atoms with E-state index < -0.39 is 0 Å². The number of methoxy groups -OCH3 is 1. The predicted molar refractivity (Wildman–Crippen MR) is 115 cm³/mol. The van der Waals surface area contributed by atoms with Crippen molar-refractivity contribution in [1.82, 2.24) is 15.5 Å². The molecule has 0 aliphatic heterocycles. The highest BCUT2D eigenvalue weighted by Crippen LogP contribution is 2.28. The van der Waals surface area contributed by atoms with Crippen molar-refractivity contribution in [2.24, 2.45) is 0 Å². The number of carbonyl (C=O) groups excluding carboxylic acids is 1. The van der Waals surface area contributed by atoms with Gasteiger partial charge >= 0.3 is 0 Å². The molecule has 6 nitrogen and oxygen atoms in total. The highest BCUT2D eigenvalue weighted by atomic mass is 32.2. The van der Waals surface area contributed by atoms with Gasteiger partial charge in [-0.3, -0.25) is 4.79 Å². The van der Waals surface area contributed by atoms with Gasteiger partial charge in [0.25, 0.3) is 0 Å². The van der Waals surface area contributed by atoms with Crippen molar-refractivity contribution in [2.75, 3.05) is 24.7 Å². The van der Waals surface area contributed by atoms with Crippen molar-refractivity contribution in [2.45, 2.75) is 17.2 Å². The highest BCUT2D eigenvalue weighted by molar-refractivity contribution is 8.01. The van der Waals surface area contributed by atoms with Crippen molar-refractivity contribution >= 4 is 39.8 Å². The van der Waals surface area contributed by atoms with Gasteiger partial charge in [-0.2, -0.15) is 0 Å². The zero-order valence-corrected chi connectivity index (χ0v) is 17.2. The Kier molecular flexibility index (Phi) is 7.69. The van der Waals surface area contributed by atoms with Gasteiger partial charge in [-0.05, 0) is 30.5 Å². The smallest absolute Gasteiger partial charge is 0.230 e. The Bertz CT molecular complexity index is 887. The molecule has 146 valence electrons. The number of nitrogens with one attached hydrogen (secondary N) is 2. The second-order valence-corrected chi connectivity index (χ2v) is 8.16. The van der Waals surface area contributed by atoms with Crippen LogP contribution in [0.5, 0.6) is 5.75 Å². The summed E-state index contributed by atoms with van der Waals surface area (Å²) in [7, 11) is 1.63. The first-order chi connectivity index (χ1) is 13.7. The maximum atomic E-state index is 12.0. The zero-order valence-electron chi connectivity index (χ0n) is 15.6. The number of nitrogens with zero attached hydrogens (tertiary/aromatic N) is 2. The molecule has 2 N–H and O–H groups in total. The Morgan fingerprint density at radius 2 is 2.00 bits per heavy atom. The molecule has 0 saturated heterocycles. The highest BCUT2D eigenvalue weighted by Gasteiger charge is 2.08. The van der Waals surface area contributed by atoms with E-state index in [1.54, 1.807) is 7.11 Å². The van der Waals surface area contributed by atoms with Gasteiger partial charge < -0.3 is 15.4 Å². The number of thioether (sulfide) groups is 1. The fourth-order valence-corrected chi connectivity index (χ4v) is 4.09. The largest absolute Gasteiger partial charge is 0.497 e. The standard InChI is InChI=1S/C20H22N4O2S2/c1-26-17-11-5-10-16(13-17)22-19-23-24-20(28-19)27-14-18(25)21-12-6-9-15-7-3-2-4-8-15/h2-5,7-8,10-11,13H,6,9,12,14H2,1H3,(H,21,25)(H,22,23). The third-order valence-corrected chi connectivity index (χ3v) is 5.83. The van der Waals surface area contributed by atoms with E-state index in [0.717, 1.165) is 28.6 Å². The number of aromatic nitrogens is 2. The number of rotatable bonds is 10. The Morgan fingerprint density at radius 1 is 1.14 bits per heavy atom. The molecule has 0 spiro atoms. The van der Waals surface area contributed by atoms with Gasteiger partial charge in [-0.15, -0.1) is 10.2 Å². The number of anilines is 2. The minimum atomic E-state index is 0.00978. The third-order valence-electron chi connectivity index (χ3n) is 3.86. The summed E-state index contributed by atoms with van der Waals surface area (Å²) in [5.41, 5.74) is 2.17. The third kappa shape index (κ3) is 6.54. The molecule has 3 aromatic rings. The van der Waals surface area contributed by atoms with Crippen LogP contribution >= 0.6 is 23.1 Å². The van der Waals surface area contributed by atoms with Gasteiger partial charge in [0.1, 0.15) is 5.75 Å². The van der Waals surface area contributed by atoms with Crippen LogP contribution in [0.2, 0.25) is 0 Å². The minimum absolute atomic E-state index is 0.00978. The van der Waals surface area contributed by atoms with Gasteiger partial charge in [0.2, 0.25) is 11.0 Å². The topological polar surface area (TPSA) is 76.1 Å². The number of amides is 1. The van der Waals surface area contributed by atoms with E-state index in [-0.39, 0.29) is 5.91 Å². The summed E-state index contributed by atoms with van der Waals surface area (Å²) < 4.78 is 5.96. The van der Waals surface area contributed by atoms with Crippen molar-refractivity contribution in [3.8, 4) is 5.75 Å². The lowest BCUT2D eigenvalue weighted by Crippen LogP contribution is -2.26. The summed E-state index contributed by atoms with van der Waals surface area (Å²) in [6.07, 6.45) is 1.89. The lowest BCUT2D eigenvalue weighted by Gasteiger charge is -2.04. The number of benzene rings is 2. The lowest BCUT2D eigenvalue weighted by molar-refractivity contribution is -0.118. The second kappa shape index (κ2) is 10.7. The molecule has 28 heavy (non-hydrogen) atoms. The summed E-state index contributed by atoms with van der Waals surface area (Å²) >= 11 is 2.81. The molecule has 0 atom stereocenters. The summed E-state index contributed by atoms with van der Waals surface area (Å²) in [6, 6.07) is 17.9. The average Bonchev–Trinajstić information content (AvgIpc) is 3.18. The molecule has 0 unspecified atom stereocenters. The molecule has 0 fully saturated rings. The molecule has 1 amide bonds. The van der Waals surface area contributed by atoms with Crippen molar-refractivity contribution in [3.63, 3.8) is 0 Å². The molecule has 0 aliphatic carbocycles. The summed E-state index contributed by atoms with van der Waals surface area (Å²) in [6.45, 7) is 0.674. The van der Waals surface area contributed by atoms with Crippen LogP contribution in [-0.2, 0) is 11.2 Å².